The van der Waals surface area contributed by atoms with E-state index in [9.17, 15) is 14.4 Å². The molecule has 2 aromatic rings. The predicted octanol–water partition coefficient (Wildman–Crippen LogP) is 1.56. The quantitative estimate of drug-likeness (QED) is 0.797. The van der Waals surface area contributed by atoms with E-state index in [1.165, 1.54) is 6.92 Å². The number of ether oxygens (including phenoxy) is 1. The van der Waals surface area contributed by atoms with Gasteiger partial charge in [0.1, 0.15) is 17.4 Å². The fourth-order valence-electron chi connectivity index (χ4n) is 3.11. The average Bonchev–Trinajstić information content (AvgIpc) is 3.02. The number of benzene rings is 1. The van der Waals surface area contributed by atoms with Crippen molar-refractivity contribution in [2.24, 2.45) is 0 Å². The number of rotatable bonds is 5. The Hall–Kier alpha value is -2.83. The van der Waals surface area contributed by atoms with E-state index in [1.807, 2.05) is 6.92 Å². The lowest BCUT2D eigenvalue weighted by Gasteiger charge is -2.14. The standard InChI is InChI=1S/C18H19NO6/c1-9-6-13(24-8-15(20)19-10(2)17(21)22)16-11-4-3-5-12(11)18(23)25-14(16)7-9/h6-7,10H,3-5,8H2,1-2H3,(H,19,20)(H,21,22)/t10-/m0/s1. The predicted molar refractivity (Wildman–Crippen MR) is 90.0 cm³/mol. The number of carbonyl (C=O) groups is 2. The Morgan fingerprint density at radius 2 is 2.04 bits per heavy atom. The molecule has 0 fully saturated rings. The van der Waals surface area contributed by atoms with Crippen LogP contribution in [0.25, 0.3) is 11.0 Å². The van der Waals surface area contributed by atoms with Gasteiger partial charge in [-0.05, 0) is 56.4 Å². The zero-order valence-electron chi connectivity index (χ0n) is 14.0. The fraction of sp³-hybridized carbons (Fsp3) is 0.389. The molecule has 1 aromatic carbocycles. The number of nitrogens with one attached hydrogen (secondary N) is 1. The second-order valence-electron chi connectivity index (χ2n) is 6.25. The first-order chi connectivity index (χ1) is 11.9. The molecular weight excluding hydrogens is 326 g/mol. The lowest BCUT2D eigenvalue weighted by atomic mass is 10.0. The Kier molecular flexibility index (Phi) is 4.48. The molecule has 7 nitrogen and oxygen atoms in total. The van der Waals surface area contributed by atoms with Crippen LogP contribution in [0.2, 0.25) is 0 Å². The SMILES string of the molecule is Cc1cc(OCC(=O)N[C@@H](C)C(=O)O)c2c3c(c(=O)oc2c1)CCC3. The van der Waals surface area contributed by atoms with E-state index in [0.29, 0.717) is 23.3 Å². The molecule has 1 aliphatic carbocycles. The van der Waals surface area contributed by atoms with Gasteiger partial charge in [0.15, 0.2) is 6.61 Å². The molecule has 3 rings (SSSR count). The summed E-state index contributed by atoms with van der Waals surface area (Å²) in [5.74, 6) is -1.18. The van der Waals surface area contributed by atoms with Gasteiger partial charge in [-0.15, -0.1) is 0 Å². The van der Waals surface area contributed by atoms with Crippen LogP contribution in [0.4, 0.5) is 0 Å². The Balaban J connectivity index is 1.91. The number of hydrogen-bond acceptors (Lipinski definition) is 5. The van der Waals surface area contributed by atoms with Crippen LogP contribution < -0.4 is 15.7 Å². The molecule has 0 unspecified atom stereocenters. The number of fused-ring (bicyclic) bond motifs is 3. The Morgan fingerprint density at radius 3 is 2.76 bits per heavy atom. The summed E-state index contributed by atoms with van der Waals surface area (Å²) in [5, 5.41) is 11.9. The minimum atomic E-state index is -1.12. The third-order valence-corrected chi connectivity index (χ3v) is 4.29. The van der Waals surface area contributed by atoms with E-state index in [2.05, 4.69) is 5.32 Å². The van der Waals surface area contributed by atoms with Crippen LogP contribution in [-0.2, 0) is 22.4 Å². The number of amides is 1. The maximum absolute atomic E-state index is 12.1. The maximum Gasteiger partial charge on any atom is 0.339 e. The largest absolute Gasteiger partial charge is 0.483 e. The van der Waals surface area contributed by atoms with Crippen molar-refractivity contribution in [3.05, 3.63) is 39.2 Å². The van der Waals surface area contributed by atoms with E-state index in [-0.39, 0.29) is 12.2 Å². The number of carbonyl (C=O) groups excluding carboxylic acids is 1. The highest BCUT2D eigenvalue weighted by Crippen LogP contribution is 2.35. The van der Waals surface area contributed by atoms with Crippen molar-refractivity contribution in [2.45, 2.75) is 39.2 Å². The van der Waals surface area contributed by atoms with E-state index in [0.717, 1.165) is 29.4 Å². The third-order valence-electron chi connectivity index (χ3n) is 4.29. The lowest BCUT2D eigenvalue weighted by molar-refractivity contribution is -0.141. The van der Waals surface area contributed by atoms with Crippen LogP contribution in [0.3, 0.4) is 0 Å². The molecule has 25 heavy (non-hydrogen) atoms. The average molecular weight is 345 g/mol. The zero-order valence-corrected chi connectivity index (χ0v) is 14.0. The molecular formula is C18H19NO6. The van der Waals surface area contributed by atoms with Crippen LogP contribution in [0.15, 0.2) is 21.3 Å². The van der Waals surface area contributed by atoms with Crippen molar-refractivity contribution in [2.75, 3.05) is 6.61 Å². The Morgan fingerprint density at radius 1 is 1.32 bits per heavy atom. The minimum Gasteiger partial charge on any atom is -0.483 e. The summed E-state index contributed by atoms with van der Waals surface area (Å²) in [7, 11) is 0. The van der Waals surface area contributed by atoms with Gasteiger partial charge in [-0.1, -0.05) is 0 Å². The van der Waals surface area contributed by atoms with Gasteiger partial charge >= 0.3 is 11.6 Å². The topological polar surface area (TPSA) is 106 Å². The molecule has 1 amide bonds. The number of carboxylic acid groups (broad SMARTS) is 1. The summed E-state index contributed by atoms with van der Waals surface area (Å²) in [4.78, 5) is 34.7. The van der Waals surface area contributed by atoms with Crippen LogP contribution in [0.1, 0.15) is 30.0 Å². The van der Waals surface area contributed by atoms with E-state index >= 15 is 0 Å². The second kappa shape index (κ2) is 6.58. The highest BCUT2D eigenvalue weighted by atomic mass is 16.5. The summed E-state index contributed by atoms with van der Waals surface area (Å²) >= 11 is 0. The first-order valence-corrected chi connectivity index (χ1v) is 8.11. The number of hydrogen-bond donors (Lipinski definition) is 2. The van der Waals surface area contributed by atoms with E-state index in [1.54, 1.807) is 12.1 Å². The van der Waals surface area contributed by atoms with Crippen molar-refractivity contribution < 1.29 is 23.8 Å². The van der Waals surface area contributed by atoms with Gasteiger partial charge in [0.25, 0.3) is 5.91 Å². The second-order valence-corrected chi connectivity index (χ2v) is 6.25. The van der Waals surface area contributed by atoms with Crippen molar-refractivity contribution in [1.82, 2.24) is 5.32 Å². The van der Waals surface area contributed by atoms with Gasteiger partial charge in [-0.3, -0.25) is 9.59 Å². The molecule has 7 heteroatoms. The van der Waals surface area contributed by atoms with Crippen molar-refractivity contribution in [3.63, 3.8) is 0 Å². The summed E-state index contributed by atoms with van der Waals surface area (Å²) in [6.45, 7) is 2.90. The first kappa shape index (κ1) is 17.0. The molecule has 1 atom stereocenters. The molecule has 1 heterocycles. The molecule has 1 aromatic heterocycles. The fourth-order valence-corrected chi connectivity index (χ4v) is 3.11. The summed E-state index contributed by atoms with van der Waals surface area (Å²) in [6, 6.07) is 2.57. The number of carboxylic acids is 1. The maximum atomic E-state index is 12.1. The first-order valence-electron chi connectivity index (χ1n) is 8.11. The van der Waals surface area contributed by atoms with Crippen molar-refractivity contribution >= 4 is 22.8 Å². The molecule has 0 bridgehead atoms. The van der Waals surface area contributed by atoms with Gasteiger partial charge < -0.3 is 19.6 Å². The van der Waals surface area contributed by atoms with Gasteiger partial charge in [0, 0.05) is 5.56 Å². The molecule has 2 N–H and O–H groups in total. The molecule has 0 radical (unpaired) electrons. The van der Waals surface area contributed by atoms with Gasteiger partial charge in [-0.25, -0.2) is 4.79 Å². The Labute approximate surface area is 143 Å². The van der Waals surface area contributed by atoms with Gasteiger partial charge in [-0.2, -0.15) is 0 Å². The third kappa shape index (κ3) is 3.35. The number of aryl methyl sites for hydroxylation is 2. The van der Waals surface area contributed by atoms with Crippen LogP contribution in [-0.4, -0.2) is 29.6 Å². The van der Waals surface area contributed by atoms with Crippen LogP contribution >= 0.6 is 0 Å². The smallest absolute Gasteiger partial charge is 0.339 e. The highest BCUT2D eigenvalue weighted by molar-refractivity contribution is 5.89. The molecule has 1 aliphatic rings. The Bertz CT molecular complexity index is 914. The summed E-state index contributed by atoms with van der Waals surface area (Å²) in [5.41, 5.74) is 2.55. The molecule has 0 spiro atoms. The molecule has 0 saturated carbocycles. The lowest BCUT2D eigenvalue weighted by Crippen LogP contribution is -2.40. The van der Waals surface area contributed by atoms with Gasteiger partial charge in [0.2, 0.25) is 0 Å². The monoisotopic (exact) mass is 345 g/mol. The summed E-state index contributed by atoms with van der Waals surface area (Å²) < 4.78 is 11.1. The minimum absolute atomic E-state index is 0.315. The molecule has 132 valence electrons. The van der Waals surface area contributed by atoms with Crippen molar-refractivity contribution in [1.29, 1.82) is 0 Å². The molecule has 0 aliphatic heterocycles. The zero-order chi connectivity index (χ0) is 18.1. The van der Waals surface area contributed by atoms with Crippen LogP contribution in [0, 0.1) is 6.92 Å². The van der Waals surface area contributed by atoms with E-state index < -0.39 is 17.9 Å². The van der Waals surface area contributed by atoms with Crippen molar-refractivity contribution in [3.8, 4) is 5.75 Å². The summed E-state index contributed by atoms with van der Waals surface area (Å²) in [6.07, 6.45) is 2.32. The highest BCUT2D eigenvalue weighted by Gasteiger charge is 2.23. The van der Waals surface area contributed by atoms with Gasteiger partial charge in [0.05, 0.1) is 5.39 Å². The van der Waals surface area contributed by atoms with E-state index in [4.69, 9.17) is 14.3 Å². The number of aliphatic carboxylic acids is 1. The normalized spacial score (nSPS) is 14.2. The molecule has 0 saturated heterocycles. The van der Waals surface area contributed by atoms with Crippen LogP contribution in [0.5, 0.6) is 5.75 Å².